The van der Waals surface area contributed by atoms with Crippen LogP contribution in [-0.4, -0.2) is 474 Å². The van der Waals surface area contributed by atoms with Crippen LogP contribution in [0.2, 0.25) is 0 Å². The van der Waals surface area contributed by atoms with Gasteiger partial charge in [0.15, 0.2) is 0 Å². The number of phenols is 5. The number of aliphatic imine (C=N–C) groups is 4. The summed E-state index contributed by atoms with van der Waals surface area (Å²) in [6.07, 6.45) is 6.72. The third-order valence-corrected chi connectivity index (χ3v) is 24.2. The number of nitrogens with zero attached hydrogens (tertiary/aromatic N) is 17. The smallest absolute Gasteiger partial charge is 0.317 e. The lowest BCUT2D eigenvalue weighted by Gasteiger charge is -2.39. The zero-order chi connectivity index (χ0) is 99.0. The van der Waals surface area contributed by atoms with Crippen molar-refractivity contribution in [2.24, 2.45) is 25.9 Å². The van der Waals surface area contributed by atoms with Gasteiger partial charge in [-0.25, -0.2) is 0 Å². The Labute approximate surface area is 800 Å². The first-order valence-corrected chi connectivity index (χ1v) is 47.8. The minimum absolute atomic E-state index is 0.00339. The van der Waals surface area contributed by atoms with Gasteiger partial charge in [0.2, 0.25) is 0 Å². The summed E-state index contributed by atoms with van der Waals surface area (Å²) < 4.78 is 0. The van der Waals surface area contributed by atoms with Crippen LogP contribution < -0.4 is 10.6 Å². The minimum Gasteiger partial charge on any atom is -0.508 e. The van der Waals surface area contributed by atoms with Crippen LogP contribution >= 0.6 is 0 Å². The highest BCUT2D eigenvalue weighted by Crippen LogP contribution is 2.37. The third-order valence-electron chi connectivity index (χ3n) is 24.2. The average molecular weight is 1890 g/mol. The molecule has 36 nitrogen and oxygen atoms in total. The maximum Gasteiger partial charge on any atom is 0.317 e. The molecule has 0 amide bonds. The van der Waals surface area contributed by atoms with E-state index in [1.807, 2.05) is 106 Å². The number of nitrogens with one attached hydrogen (secondary N) is 2. The van der Waals surface area contributed by atoms with Gasteiger partial charge in [-0.1, -0.05) is 109 Å². The van der Waals surface area contributed by atoms with Gasteiger partial charge in [0.25, 0.3) is 0 Å². The largest absolute Gasteiger partial charge is 0.508 e. The van der Waals surface area contributed by atoms with Crippen LogP contribution in [0.3, 0.4) is 0 Å². The van der Waals surface area contributed by atoms with Crippen molar-refractivity contribution in [2.75, 3.05) is 275 Å². The van der Waals surface area contributed by atoms with Crippen molar-refractivity contribution in [1.29, 1.82) is 0 Å². The monoisotopic (exact) mass is 1890 g/mol. The second kappa shape index (κ2) is 65.7. The predicted molar refractivity (Wildman–Crippen MR) is 534 cm³/mol. The number of hydrogen-bond acceptors (Lipinski definition) is 30. The number of carboxylic acids is 6. The van der Waals surface area contributed by atoms with Crippen molar-refractivity contribution in [3.05, 3.63) is 149 Å². The molecule has 4 heterocycles. The second-order valence-corrected chi connectivity index (χ2v) is 35.3. The Balaban J connectivity index is 0.000000304. The first kappa shape index (κ1) is 115. The lowest BCUT2D eigenvalue weighted by Crippen LogP contribution is -2.54. The van der Waals surface area contributed by atoms with E-state index in [4.69, 9.17) is 15.3 Å². The van der Waals surface area contributed by atoms with Crippen LogP contribution in [0.15, 0.2) is 135 Å². The number of para-hydroxylation sites is 4. The molecular formula is C99H159N19O17. The number of benzene rings is 5. The molecule has 0 bridgehead atoms. The molecule has 0 aliphatic carbocycles. The summed E-state index contributed by atoms with van der Waals surface area (Å²) in [4.78, 5) is 113. The average Bonchev–Trinajstić information content (AvgIpc) is 1.67. The van der Waals surface area contributed by atoms with Gasteiger partial charge in [-0.05, 0) is 119 Å². The van der Waals surface area contributed by atoms with Gasteiger partial charge in [-0.3, -0.25) is 97.7 Å². The zero-order valence-corrected chi connectivity index (χ0v) is 81.9. The number of hydrogen-bond donors (Lipinski definition) is 13. The Morgan fingerprint density at radius 2 is 0.615 bits per heavy atom. The molecule has 36 heteroatoms. The fraction of sp³-hybridized carbons (Fsp3) is 0.596. The fourth-order valence-electron chi connectivity index (χ4n) is 16.0. The molecule has 135 heavy (non-hydrogen) atoms. The molecule has 0 radical (unpaired) electrons. The molecule has 1 unspecified atom stereocenters. The first-order valence-electron chi connectivity index (χ1n) is 47.8. The Hall–Kier alpha value is -10.0. The Morgan fingerprint density at radius 3 is 0.911 bits per heavy atom. The number of aliphatic carboxylic acids is 6. The van der Waals surface area contributed by atoms with Crippen molar-refractivity contribution in [2.45, 2.75) is 106 Å². The lowest BCUT2D eigenvalue weighted by atomic mass is 9.99. The van der Waals surface area contributed by atoms with Crippen LogP contribution in [0, 0.1) is 5.92 Å². The maximum atomic E-state index is 11.4. The summed E-state index contributed by atoms with van der Waals surface area (Å²) in [5, 5.41) is 112. The van der Waals surface area contributed by atoms with E-state index >= 15 is 0 Å². The summed E-state index contributed by atoms with van der Waals surface area (Å²) in [5.41, 5.74) is 4.86. The summed E-state index contributed by atoms with van der Waals surface area (Å²) in [7, 11) is 0. The fourth-order valence-corrected chi connectivity index (χ4v) is 16.0. The normalized spacial score (nSPS) is 18.4. The number of carboxylic acid groups (broad SMARTS) is 6. The predicted octanol–water partition coefficient (Wildman–Crippen LogP) is 6.33. The number of rotatable bonds is 39. The molecule has 0 aromatic heterocycles. The van der Waals surface area contributed by atoms with Gasteiger partial charge in [0.1, 0.15) is 28.7 Å². The second-order valence-electron chi connectivity index (χ2n) is 35.3. The molecule has 4 aliphatic rings. The topological polar surface area (TPSA) is 441 Å². The van der Waals surface area contributed by atoms with E-state index in [2.05, 4.69) is 126 Å². The minimum atomic E-state index is -0.952. The van der Waals surface area contributed by atoms with Gasteiger partial charge >= 0.3 is 35.8 Å². The van der Waals surface area contributed by atoms with E-state index in [1.54, 1.807) is 78.3 Å². The van der Waals surface area contributed by atoms with Crippen molar-refractivity contribution < 1.29 is 84.9 Å². The van der Waals surface area contributed by atoms with Crippen molar-refractivity contribution in [1.82, 2.24) is 74.3 Å². The molecule has 1 atom stereocenters. The quantitative estimate of drug-likeness (QED) is 0.0151. The summed E-state index contributed by atoms with van der Waals surface area (Å²) in [6.45, 7) is 50.4. The molecule has 0 saturated carbocycles. The third kappa shape index (κ3) is 47.6. The van der Waals surface area contributed by atoms with E-state index < -0.39 is 35.8 Å². The van der Waals surface area contributed by atoms with Crippen molar-refractivity contribution in [3.8, 4) is 28.7 Å². The zero-order valence-electron chi connectivity index (χ0n) is 81.9. The number of phenolic OH excluding ortho intramolecular Hbond substituents is 5. The Morgan fingerprint density at radius 1 is 0.333 bits per heavy atom. The van der Waals surface area contributed by atoms with Gasteiger partial charge in [0, 0.05) is 261 Å². The van der Waals surface area contributed by atoms with Crippen LogP contribution in [0.4, 0.5) is 0 Å². The lowest BCUT2D eigenvalue weighted by molar-refractivity contribution is -0.141. The molecule has 0 spiro atoms. The van der Waals surface area contributed by atoms with E-state index in [-0.39, 0.29) is 80.4 Å². The SMILES string of the molecule is CC(C)c1ccc(C2N(CCN=Cc3ccccc3O)CCN2CCN=Cc2ccccc2O)c(O)c1.CCN1CCN(CC(=O)O)CCN(C(C)C)CC1.CCN1CCN(CC(=O)O)CCN(CC(=O)O)CC(C(C)C)N(CC(=O)O)CC1.CCN1CCN(CC(=O)O)CCN(CC(=O)O)CCN(C(C)C)CC1.Oc1ccccc1C=NCCNCCNCCN=Cc1ccccc1O. The molecule has 4 saturated heterocycles. The molecule has 13 N–H and O–H groups in total. The van der Waals surface area contributed by atoms with Gasteiger partial charge in [-0.2, -0.15) is 0 Å². The maximum absolute atomic E-state index is 11.4. The molecule has 4 aliphatic heterocycles. The number of aromatic hydroxyl groups is 5. The highest BCUT2D eigenvalue weighted by molar-refractivity contribution is 5.85. The first-order chi connectivity index (χ1) is 64.7. The van der Waals surface area contributed by atoms with Crippen molar-refractivity contribution >= 4 is 60.7 Å². The Bertz CT molecular complexity index is 4230. The molecule has 752 valence electrons. The highest BCUT2D eigenvalue weighted by Gasteiger charge is 2.35. The Kier molecular flexibility index (Phi) is 56.2. The number of likely N-dealkylation sites (N-methyl/N-ethyl adjacent to an activating group) is 3. The van der Waals surface area contributed by atoms with E-state index in [1.165, 1.54) is 0 Å². The van der Waals surface area contributed by atoms with Gasteiger partial charge in [-0.15, -0.1) is 0 Å². The van der Waals surface area contributed by atoms with Gasteiger partial charge < -0.3 is 81.5 Å². The summed E-state index contributed by atoms with van der Waals surface area (Å²) in [6, 6.07) is 35.4. The summed E-state index contributed by atoms with van der Waals surface area (Å²) in [5.74, 6) is -3.45. The molecule has 9 rings (SSSR count). The van der Waals surface area contributed by atoms with Crippen LogP contribution in [0.25, 0.3) is 0 Å². The van der Waals surface area contributed by atoms with E-state index in [0.717, 1.165) is 160 Å². The van der Waals surface area contributed by atoms with Crippen LogP contribution in [-0.2, 0) is 28.8 Å². The highest BCUT2D eigenvalue weighted by atomic mass is 16.4. The van der Waals surface area contributed by atoms with Crippen molar-refractivity contribution in [3.63, 3.8) is 0 Å². The van der Waals surface area contributed by atoms with Gasteiger partial charge in [0.05, 0.1) is 71.6 Å². The molecular weight excluding hydrogens is 1730 g/mol. The molecule has 4 fully saturated rings. The molecule has 5 aromatic rings. The van der Waals surface area contributed by atoms with Crippen LogP contribution in [0.5, 0.6) is 28.7 Å². The number of carbonyl (C=O) groups is 6. The van der Waals surface area contributed by atoms with E-state index in [0.29, 0.717) is 133 Å². The van der Waals surface area contributed by atoms with E-state index in [9.17, 15) is 69.6 Å². The standard InChI is InChI=1S/C30H36N4O3.C20H26N4O2.C19H36N4O6.C17H34N4O4.C13H27N3O2/c1-22(2)23-11-12-26(29(37)19-23)30-33(15-13-31-20-24-7-3-5-9-27(24)35)17-18-34(30)16-14-32-21-25-8-4-6-10-28(25)36;25-19-7-3-1-5-17(19)15-23-13-11-21-9-10-22-12-14-24-16-18-6-2-4-8-20(18)26;1-4-20-5-6-21(12-17(24)25)7-8-22(13-18(26)27)11-16(15(2)3)23(10-9-20)14-19(28)29;1-4-18-5-6-19(13-16(22)23)7-8-20(14-17(24)25)10-12-21(11-9-18)15(2)3;1-4-14-5-6-15(11-13(17)18)8-10-16(9-7-14)12(2)3/h3-12,19-22,30,35-37H,13-18H2,1-2H3;1-8,15-16,21-22,25-26H,9-14H2;15-16H,4-14H2,1-3H3,(H,24,25)(H,26,27)(H,28,29);15H,4-14H2,1-3H3,(H,22,23)(H,24,25);12H,4-11H2,1-3H3,(H,17,18). The van der Waals surface area contributed by atoms with Crippen LogP contribution in [0.1, 0.15) is 122 Å². The summed E-state index contributed by atoms with van der Waals surface area (Å²) >= 11 is 0. The molecule has 5 aromatic carbocycles.